The van der Waals surface area contributed by atoms with Gasteiger partial charge >= 0.3 is 0 Å². The molecule has 2 atom stereocenters. The van der Waals surface area contributed by atoms with E-state index in [4.69, 9.17) is 4.74 Å². The Morgan fingerprint density at radius 3 is 2.83 bits per heavy atom. The number of aryl methyl sites for hydroxylation is 2. The first kappa shape index (κ1) is 24.4. The van der Waals surface area contributed by atoms with Crippen LogP contribution in [-0.4, -0.2) is 88.7 Å². The number of carbonyl (C=O) groups excluding carboxylic acids is 1. The van der Waals surface area contributed by atoms with Gasteiger partial charge in [0.05, 0.1) is 36.7 Å². The molecule has 8 nitrogen and oxygen atoms in total. The molecule has 1 aromatic heterocycles. The summed E-state index contributed by atoms with van der Waals surface area (Å²) in [6, 6.07) is 2.21. The largest absolute Gasteiger partial charge is 0.389 e. The van der Waals surface area contributed by atoms with Gasteiger partial charge in [0.15, 0.2) is 0 Å². The summed E-state index contributed by atoms with van der Waals surface area (Å²) >= 11 is 0. The molecule has 0 bridgehead atoms. The zero-order valence-corrected chi connectivity index (χ0v) is 18.4. The highest BCUT2D eigenvalue weighted by Crippen LogP contribution is 2.17. The quantitative estimate of drug-likeness (QED) is 0.693. The smallest absolute Gasteiger partial charge is 0.223 e. The molecule has 2 fully saturated rings. The molecule has 166 valence electrons. The van der Waals surface area contributed by atoms with Gasteiger partial charge in [0.25, 0.3) is 0 Å². The van der Waals surface area contributed by atoms with Crippen LogP contribution in [0.3, 0.4) is 0 Å². The van der Waals surface area contributed by atoms with Gasteiger partial charge in [-0.3, -0.25) is 14.4 Å². The number of nitrogens with zero attached hydrogens (tertiary/aromatic N) is 4. The monoisotopic (exact) mass is 449 g/mol. The zero-order chi connectivity index (χ0) is 18.6. The van der Waals surface area contributed by atoms with E-state index in [-0.39, 0.29) is 36.8 Å². The van der Waals surface area contributed by atoms with Crippen molar-refractivity contribution in [3.05, 3.63) is 17.5 Å². The second-order valence-corrected chi connectivity index (χ2v) is 7.82. The van der Waals surface area contributed by atoms with Gasteiger partial charge in [-0.15, -0.1) is 24.8 Å². The van der Waals surface area contributed by atoms with Crippen LogP contribution in [0.1, 0.15) is 30.7 Å². The SMILES string of the molecule is Cl.Cl.O=C(CCc1cc2n(n1)CCCNC2)N1CCCN([C@H]2COC[C@@H]2O)CC1. The number of nitrogens with one attached hydrogen (secondary N) is 1. The Kier molecular flexibility index (Phi) is 9.65. The van der Waals surface area contributed by atoms with Gasteiger partial charge in [-0.25, -0.2) is 0 Å². The number of aliphatic hydroxyl groups is 1. The molecule has 0 saturated carbocycles. The van der Waals surface area contributed by atoms with E-state index in [1.807, 2.05) is 4.90 Å². The summed E-state index contributed by atoms with van der Waals surface area (Å²) in [6.45, 7) is 7.11. The fourth-order valence-corrected chi connectivity index (χ4v) is 4.34. The molecule has 3 aliphatic heterocycles. The van der Waals surface area contributed by atoms with E-state index < -0.39 is 6.10 Å². The minimum Gasteiger partial charge on any atom is -0.389 e. The number of rotatable bonds is 4. The maximum Gasteiger partial charge on any atom is 0.223 e. The first-order valence-electron chi connectivity index (χ1n) is 10.2. The van der Waals surface area contributed by atoms with Gasteiger partial charge in [-0.1, -0.05) is 0 Å². The molecule has 0 aliphatic carbocycles. The molecule has 0 spiro atoms. The summed E-state index contributed by atoms with van der Waals surface area (Å²) in [5.41, 5.74) is 2.24. The van der Waals surface area contributed by atoms with Gasteiger partial charge in [0.2, 0.25) is 5.91 Å². The van der Waals surface area contributed by atoms with E-state index in [0.29, 0.717) is 26.1 Å². The lowest BCUT2D eigenvalue weighted by atomic mass is 10.2. The van der Waals surface area contributed by atoms with Crippen molar-refractivity contribution < 1.29 is 14.6 Å². The van der Waals surface area contributed by atoms with E-state index in [1.54, 1.807) is 0 Å². The number of hydrogen-bond donors (Lipinski definition) is 2. The topological polar surface area (TPSA) is 82.9 Å². The van der Waals surface area contributed by atoms with Crippen molar-refractivity contribution in [2.75, 3.05) is 45.9 Å². The molecular formula is C19H33Cl2N5O3. The van der Waals surface area contributed by atoms with E-state index in [9.17, 15) is 9.90 Å². The Morgan fingerprint density at radius 1 is 1.17 bits per heavy atom. The Bertz CT molecular complexity index is 636. The van der Waals surface area contributed by atoms with E-state index in [0.717, 1.165) is 64.3 Å². The van der Waals surface area contributed by atoms with Crippen molar-refractivity contribution in [3.63, 3.8) is 0 Å². The minimum atomic E-state index is -0.405. The first-order chi connectivity index (χ1) is 13.2. The highest BCUT2D eigenvalue weighted by Gasteiger charge is 2.33. The first-order valence-corrected chi connectivity index (χ1v) is 10.2. The summed E-state index contributed by atoms with van der Waals surface area (Å²) in [5, 5.41) is 18.1. The van der Waals surface area contributed by atoms with Gasteiger partial charge in [-0.05, 0) is 25.5 Å². The number of hydrogen-bond acceptors (Lipinski definition) is 6. The van der Waals surface area contributed by atoms with Crippen molar-refractivity contribution in [2.24, 2.45) is 0 Å². The molecule has 2 N–H and O–H groups in total. The van der Waals surface area contributed by atoms with E-state index in [2.05, 4.69) is 26.1 Å². The second kappa shape index (κ2) is 11.5. The maximum atomic E-state index is 12.7. The number of amides is 1. The average Bonchev–Trinajstić information content (AvgIpc) is 3.08. The molecular weight excluding hydrogens is 417 g/mol. The predicted molar refractivity (Wildman–Crippen MR) is 115 cm³/mol. The molecule has 0 unspecified atom stereocenters. The Hall–Kier alpha value is -0.900. The van der Waals surface area contributed by atoms with Crippen LogP contribution in [0.4, 0.5) is 0 Å². The summed E-state index contributed by atoms with van der Waals surface area (Å²) in [7, 11) is 0. The van der Waals surface area contributed by atoms with Gasteiger partial charge in [0.1, 0.15) is 0 Å². The Balaban J connectivity index is 0.00000150. The Labute approximate surface area is 184 Å². The number of halogens is 2. The predicted octanol–water partition coefficient (Wildman–Crippen LogP) is 0.447. The summed E-state index contributed by atoms with van der Waals surface area (Å²) in [4.78, 5) is 17.0. The van der Waals surface area contributed by atoms with Crippen molar-refractivity contribution in [1.82, 2.24) is 24.9 Å². The summed E-state index contributed by atoms with van der Waals surface area (Å²) in [5.74, 6) is 0.210. The lowest BCUT2D eigenvalue weighted by Crippen LogP contribution is -2.45. The lowest BCUT2D eigenvalue weighted by molar-refractivity contribution is -0.131. The van der Waals surface area contributed by atoms with Crippen LogP contribution in [0.5, 0.6) is 0 Å². The average molecular weight is 450 g/mol. The number of fused-ring (bicyclic) bond motifs is 1. The van der Waals surface area contributed by atoms with Crippen molar-refractivity contribution >= 4 is 30.7 Å². The van der Waals surface area contributed by atoms with Gasteiger partial charge in [-0.2, -0.15) is 5.10 Å². The molecule has 3 aliphatic rings. The lowest BCUT2D eigenvalue weighted by Gasteiger charge is -2.28. The number of aliphatic hydroxyl groups excluding tert-OH is 1. The van der Waals surface area contributed by atoms with Crippen molar-refractivity contribution in [1.29, 1.82) is 0 Å². The van der Waals surface area contributed by atoms with E-state index in [1.165, 1.54) is 5.69 Å². The molecule has 4 rings (SSSR count). The van der Waals surface area contributed by atoms with Crippen LogP contribution in [0.25, 0.3) is 0 Å². The molecule has 1 aromatic rings. The fraction of sp³-hybridized carbons (Fsp3) is 0.789. The standard InChI is InChI=1S/C19H31N5O3.2ClH/c25-18-14-27-13-17(18)22-6-2-7-23(10-9-22)19(26)4-3-15-11-16-12-20-5-1-8-24(16)21-15;;/h11,17-18,20,25H,1-10,12-14H2;2*1H/t17-,18-;;/m0../s1. The van der Waals surface area contributed by atoms with Gasteiger partial charge in [0, 0.05) is 52.1 Å². The molecule has 0 aromatic carbocycles. The van der Waals surface area contributed by atoms with Crippen LogP contribution < -0.4 is 5.32 Å². The highest BCUT2D eigenvalue weighted by atomic mass is 35.5. The summed E-state index contributed by atoms with van der Waals surface area (Å²) < 4.78 is 7.46. The minimum absolute atomic E-state index is 0. The van der Waals surface area contributed by atoms with Crippen LogP contribution >= 0.6 is 24.8 Å². The molecule has 10 heteroatoms. The van der Waals surface area contributed by atoms with E-state index >= 15 is 0 Å². The summed E-state index contributed by atoms with van der Waals surface area (Å²) in [6.07, 6.45) is 2.85. The third-order valence-electron chi connectivity index (χ3n) is 5.91. The normalized spacial score (nSPS) is 25.3. The molecule has 0 radical (unpaired) electrons. The number of aromatic nitrogens is 2. The fourth-order valence-electron chi connectivity index (χ4n) is 4.34. The second-order valence-electron chi connectivity index (χ2n) is 7.82. The maximum absolute atomic E-state index is 12.7. The third-order valence-corrected chi connectivity index (χ3v) is 5.91. The highest BCUT2D eigenvalue weighted by molar-refractivity contribution is 5.85. The van der Waals surface area contributed by atoms with Crippen LogP contribution in [0.15, 0.2) is 6.07 Å². The van der Waals surface area contributed by atoms with Gasteiger partial charge < -0.3 is 20.1 Å². The zero-order valence-electron chi connectivity index (χ0n) is 16.8. The van der Waals surface area contributed by atoms with Crippen molar-refractivity contribution in [3.8, 4) is 0 Å². The number of ether oxygens (including phenoxy) is 1. The molecule has 2 saturated heterocycles. The van der Waals surface area contributed by atoms with Crippen molar-refractivity contribution in [2.45, 2.75) is 50.9 Å². The third kappa shape index (κ3) is 6.06. The Morgan fingerprint density at radius 2 is 2.03 bits per heavy atom. The molecule has 1 amide bonds. The molecule has 29 heavy (non-hydrogen) atoms. The van der Waals surface area contributed by atoms with Crippen LogP contribution in [0, 0.1) is 0 Å². The molecule has 4 heterocycles. The number of carbonyl (C=O) groups is 1. The van der Waals surface area contributed by atoms with Crippen LogP contribution in [0.2, 0.25) is 0 Å². The van der Waals surface area contributed by atoms with Crippen LogP contribution in [-0.2, 0) is 29.0 Å².